The van der Waals surface area contributed by atoms with Crippen LogP contribution in [0.15, 0.2) is 41.5 Å². The van der Waals surface area contributed by atoms with Crippen molar-refractivity contribution in [3.05, 3.63) is 52.5 Å². The van der Waals surface area contributed by atoms with E-state index < -0.39 is 5.91 Å². The summed E-state index contributed by atoms with van der Waals surface area (Å²) < 4.78 is 15.6. The summed E-state index contributed by atoms with van der Waals surface area (Å²) in [6.45, 7) is -0.212. The van der Waals surface area contributed by atoms with Crippen LogP contribution in [0.5, 0.6) is 17.2 Å². The molecular formula is C18H16ClN3O4. The topological polar surface area (TPSA) is 92.9 Å². The molecule has 0 saturated carbocycles. The minimum atomic E-state index is -0.433. The zero-order valence-electron chi connectivity index (χ0n) is 14.2. The third kappa shape index (κ3) is 5.13. The van der Waals surface area contributed by atoms with Crippen molar-refractivity contribution in [2.75, 3.05) is 20.8 Å². The Morgan fingerprint density at radius 3 is 2.62 bits per heavy atom. The van der Waals surface area contributed by atoms with E-state index in [-0.39, 0.29) is 6.61 Å². The van der Waals surface area contributed by atoms with Gasteiger partial charge in [-0.25, -0.2) is 5.43 Å². The molecule has 0 spiro atoms. The number of halogens is 1. The van der Waals surface area contributed by atoms with E-state index in [4.69, 9.17) is 31.1 Å². The second kappa shape index (κ2) is 9.30. The van der Waals surface area contributed by atoms with E-state index in [2.05, 4.69) is 10.5 Å². The molecule has 1 N–H and O–H groups in total. The Balaban J connectivity index is 1.90. The minimum Gasteiger partial charge on any atom is -0.493 e. The van der Waals surface area contributed by atoms with Gasteiger partial charge in [-0.15, -0.1) is 0 Å². The van der Waals surface area contributed by atoms with Gasteiger partial charge in [0, 0.05) is 0 Å². The lowest BCUT2D eigenvalue weighted by Crippen LogP contribution is -2.24. The Hall–Kier alpha value is -3.24. The Morgan fingerprint density at radius 1 is 1.27 bits per heavy atom. The molecule has 0 radical (unpaired) electrons. The third-order valence-electron chi connectivity index (χ3n) is 3.21. The van der Waals surface area contributed by atoms with Crippen LogP contribution in [-0.2, 0) is 4.79 Å². The van der Waals surface area contributed by atoms with Gasteiger partial charge in [0.05, 0.1) is 37.1 Å². The highest BCUT2D eigenvalue weighted by atomic mass is 35.5. The highest BCUT2D eigenvalue weighted by Gasteiger charge is 2.10. The number of nitrogens with zero attached hydrogens (tertiary/aromatic N) is 2. The molecule has 2 aromatic carbocycles. The van der Waals surface area contributed by atoms with E-state index in [1.807, 2.05) is 6.07 Å². The number of hydrogen-bond acceptors (Lipinski definition) is 6. The van der Waals surface area contributed by atoms with Crippen molar-refractivity contribution >= 4 is 23.7 Å². The summed E-state index contributed by atoms with van der Waals surface area (Å²) in [5.74, 6) is 0.926. The number of ether oxygens (including phenoxy) is 3. The average Bonchev–Trinajstić information content (AvgIpc) is 2.66. The van der Waals surface area contributed by atoms with E-state index in [0.717, 1.165) is 0 Å². The Bertz CT molecular complexity index is 845. The number of rotatable bonds is 7. The predicted molar refractivity (Wildman–Crippen MR) is 96.9 cm³/mol. The number of nitrogens with one attached hydrogen (secondary N) is 1. The molecule has 0 aliphatic rings. The van der Waals surface area contributed by atoms with E-state index in [0.29, 0.717) is 33.4 Å². The fourth-order valence-corrected chi connectivity index (χ4v) is 2.29. The second-order valence-corrected chi connectivity index (χ2v) is 5.36. The predicted octanol–water partition coefficient (Wildman–Crippen LogP) is 2.76. The molecular weight excluding hydrogens is 358 g/mol. The van der Waals surface area contributed by atoms with Crippen LogP contribution in [0.4, 0.5) is 0 Å². The lowest BCUT2D eigenvalue weighted by molar-refractivity contribution is -0.123. The van der Waals surface area contributed by atoms with Crippen molar-refractivity contribution < 1.29 is 19.0 Å². The van der Waals surface area contributed by atoms with Crippen LogP contribution < -0.4 is 19.6 Å². The minimum absolute atomic E-state index is 0.212. The molecule has 1 amide bonds. The van der Waals surface area contributed by atoms with Gasteiger partial charge in [-0.1, -0.05) is 11.6 Å². The highest BCUT2D eigenvalue weighted by molar-refractivity contribution is 6.32. The first-order chi connectivity index (χ1) is 12.6. The second-order valence-electron chi connectivity index (χ2n) is 4.96. The van der Waals surface area contributed by atoms with Gasteiger partial charge in [0.15, 0.2) is 18.1 Å². The molecule has 0 atom stereocenters. The standard InChI is InChI=1S/C18H16ClN3O4/c1-24-16-8-13(7-15(19)18(16)25-2)10-21-22-17(23)11-26-14-5-3-12(9-20)4-6-14/h3-8,10H,11H2,1-2H3,(H,22,23)/b21-10-. The number of hydrogen-bond donors (Lipinski definition) is 1. The monoisotopic (exact) mass is 373 g/mol. The number of carbonyl (C=O) groups excluding carboxylic acids is 1. The first-order valence-corrected chi connectivity index (χ1v) is 7.81. The maximum absolute atomic E-state index is 11.7. The van der Waals surface area contributed by atoms with E-state index in [1.165, 1.54) is 20.4 Å². The van der Waals surface area contributed by atoms with Crippen LogP contribution in [-0.4, -0.2) is 32.9 Å². The maximum atomic E-state index is 11.7. The SMILES string of the molecule is COc1cc(/C=N\NC(=O)COc2ccc(C#N)cc2)cc(Cl)c1OC. The van der Waals surface area contributed by atoms with Gasteiger partial charge in [-0.2, -0.15) is 10.4 Å². The van der Waals surface area contributed by atoms with E-state index >= 15 is 0 Å². The van der Waals surface area contributed by atoms with Gasteiger partial charge in [0.2, 0.25) is 0 Å². The molecule has 0 unspecified atom stereocenters. The van der Waals surface area contributed by atoms with E-state index in [1.54, 1.807) is 36.4 Å². The molecule has 0 heterocycles. The smallest absolute Gasteiger partial charge is 0.277 e. The zero-order chi connectivity index (χ0) is 18.9. The summed E-state index contributed by atoms with van der Waals surface area (Å²) in [6, 6.07) is 11.7. The van der Waals surface area contributed by atoms with Gasteiger partial charge >= 0.3 is 0 Å². The molecule has 2 rings (SSSR count). The van der Waals surface area contributed by atoms with Crippen molar-refractivity contribution in [1.29, 1.82) is 5.26 Å². The third-order valence-corrected chi connectivity index (χ3v) is 3.49. The van der Waals surface area contributed by atoms with Crippen LogP contribution in [0.25, 0.3) is 0 Å². The number of methoxy groups -OCH3 is 2. The number of benzene rings is 2. The van der Waals surface area contributed by atoms with Gasteiger partial charge in [0.25, 0.3) is 5.91 Å². The summed E-state index contributed by atoms with van der Waals surface area (Å²) in [5.41, 5.74) is 3.49. The number of carbonyl (C=O) groups is 1. The molecule has 0 bridgehead atoms. The van der Waals surface area contributed by atoms with Gasteiger partial charge in [-0.3, -0.25) is 4.79 Å². The Kier molecular flexibility index (Phi) is 6.83. The Labute approximate surface area is 155 Å². The fourth-order valence-electron chi connectivity index (χ4n) is 2.00. The van der Waals surface area contributed by atoms with Gasteiger partial charge in [-0.05, 0) is 42.0 Å². The first kappa shape index (κ1) is 19.1. The highest BCUT2D eigenvalue weighted by Crippen LogP contribution is 2.35. The lowest BCUT2D eigenvalue weighted by atomic mass is 10.2. The molecule has 7 nitrogen and oxygen atoms in total. The van der Waals surface area contributed by atoms with Gasteiger partial charge < -0.3 is 14.2 Å². The molecule has 0 aliphatic heterocycles. The van der Waals surface area contributed by atoms with Crippen LogP contribution >= 0.6 is 11.6 Å². The molecule has 0 aliphatic carbocycles. The quantitative estimate of drug-likeness (QED) is 0.595. The molecule has 26 heavy (non-hydrogen) atoms. The zero-order valence-corrected chi connectivity index (χ0v) is 14.9. The molecule has 134 valence electrons. The van der Waals surface area contributed by atoms with Crippen molar-refractivity contribution in [3.8, 4) is 23.3 Å². The number of amides is 1. The lowest BCUT2D eigenvalue weighted by Gasteiger charge is -2.10. The van der Waals surface area contributed by atoms with Crippen molar-refractivity contribution in [2.45, 2.75) is 0 Å². The molecule has 0 aromatic heterocycles. The van der Waals surface area contributed by atoms with Gasteiger partial charge in [0.1, 0.15) is 5.75 Å². The first-order valence-electron chi connectivity index (χ1n) is 7.43. The van der Waals surface area contributed by atoms with Crippen molar-refractivity contribution in [1.82, 2.24) is 5.43 Å². The summed E-state index contributed by atoms with van der Waals surface area (Å²) >= 11 is 6.10. The summed E-state index contributed by atoms with van der Waals surface area (Å²) in [6.07, 6.45) is 1.42. The fraction of sp³-hybridized carbons (Fsp3) is 0.167. The van der Waals surface area contributed by atoms with Crippen molar-refractivity contribution in [3.63, 3.8) is 0 Å². The summed E-state index contributed by atoms with van der Waals surface area (Å²) in [5, 5.41) is 12.9. The largest absolute Gasteiger partial charge is 0.493 e. The van der Waals surface area contributed by atoms with Crippen LogP contribution in [0, 0.1) is 11.3 Å². The molecule has 8 heteroatoms. The number of nitriles is 1. The Morgan fingerprint density at radius 2 is 2.00 bits per heavy atom. The van der Waals surface area contributed by atoms with Crippen LogP contribution in [0.1, 0.15) is 11.1 Å². The average molecular weight is 374 g/mol. The van der Waals surface area contributed by atoms with Crippen molar-refractivity contribution in [2.24, 2.45) is 5.10 Å². The normalized spacial score (nSPS) is 10.2. The summed E-state index contributed by atoms with van der Waals surface area (Å²) in [7, 11) is 2.99. The van der Waals surface area contributed by atoms with E-state index in [9.17, 15) is 4.79 Å². The maximum Gasteiger partial charge on any atom is 0.277 e. The van der Waals surface area contributed by atoms with Crippen LogP contribution in [0.3, 0.4) is 0 Å². The molecule has 2 aromatic rings. The number of hydrazone groups is 1. The van der Waals surface area contributed by atoms with Crippen LogP contribution in [0.2, 0.25) is 5.02 Å². The molecule has 0 fully saturated rings. The molecule has 0 saturated heterocycles. The summed E-state index contributed by atoms with van der Waals surface area (Å²) in [4.78, 5) is 11.7.